The third kappa shape index (κ3) is 1.66. The van der Waals surface area contributed by atoms with E-state index in [0.29, 0.717) is 5.82 Å². The molecule has 0 spiro atoms. The summed E-state index contributed by atoms with van der Waals surface area (Å²) < 4.78 is 0. The second-order valence-corrected chi connectivity index (χ2v) is 3.79. The number of hydrogen-bond acceptors (Lipinski definition) is 4. The fourth-order valence-corrected chi connectivity index (χ4v) is 1.88. The van der Waals surface area contributed by atoms with Gasteiger partial charge in [-0.3, -0.25) is 5.32 Å². The first-order chi connectivity index (χ1) is 8.88. The fraction of sp³-hybridized carbons (Fsp3) is 0. The lowest BCUT2D eigenvalue weighted by Gasteiger charge is -1.99. The van der Waals surface area contributed by atoms with Crippen LogP contribution in [-0.4, -0.2) is 15.2 Å². The van der Waals surface area contributed by atoms with E-state index in [4.69, 9.17) is 5.26 Å². The van der Waals surface area contributed by atoms with Gasteiger partial charge >= 0.3 is 0 Å². The summed E-state index contributed by atoms with van der Waals surface area (Å²) in [6.07, 6.45) is 3.72. The quantitative estimate of drug-likeness (QED) is 0.528. The number of para-hydroxylation sites is 1. The molecule has 0 aliphatic heterocycles. The predicted molar refractivity (Wildman–Crippen MR) is 68.6 cm³/mol. The highest BCUT2D eigenvalue weighted by atomic mass is 15.2. The van der Waals surface area contributed by atoms with Gasteiger partial charge in [0.15, 0.2) is 12.0 Å². The van der Waals surface area contributed by atoms with Crippen LogP contribution in [0.5, 0.6) is 0 Å². The van der Waals surface area contributed by atoms with Crippen molar-refractivity contribution in [1.82, 2.24) is 15.2 Å². The van der Waals surface area contributed by atoms with E-state index in [-0.39, 0.29) is 0 Å². The monoisotopic (exact) mass is 235 g/mol. The van der Waals surface area contributed by atoms with Crippen LogP contribution in [0.3, 0.4) is 0 Å². The van der Waals surface area contributed by atoms with Crippen LogP contribution in [0.15, 0.2) is 42.6 Å². The number of nitriles is 1. The molecule has 2 aromatic heterocycles. The second kappa shape index (κ2) is 4.18. The van der Waals surface area contributed by atoms with Crippen LogP contribution in [0.2, 0.25) is 0 Å². The summed E-state index contributed by atoms with van der Waals surface area (Å²) in [6, 6.07) is 11.6. The summed E-state index contributed by atoms with van der Waals surface area (Å²) in [5, 5.41) is 20.1. The van der Waals surface area contributed by atoms with Gasteiger partial charge in [-0.1, -0.05) is 18.2 Å². The number of benzene rings is 1. The molecule has 2 heterocycles. The van der Waals surface area contributed by atoms with Crippen molar-refractivity contribution in [3.63, 3.8) is 0 Å². The van der Waals surface area contributed by atoms with Gasteiger partial charge in [0, 0.05) is 22.7 Å². The smallest absolute Gasteiger partial charge is 0.182 e. The van der Waals surface area contributed by atoms with Gasteiger partial charge in [0.05, 0.1) is 5.69 Å². The van der Waals surface area contributed by atoms with Crippen molar-refractivity contribution in [1.29, 1.82) is 5.26 Å². The number of H-pyrrole nitrogens is 1. The first-order valence-electron chi connectivity index (χ1n) is 5.44. The number of rotatable bonds is 2. The van der Waals surface area contributed by atoms with Gasteiger partial charge in [0.2, 0.25) is 0 Å². The zero-order valence-corrected chi connectivity index (χ0v) is 9.38. The highest BCUT2D eigenvalue weighted by Gasteiger charge is 2.07. The Hall–Kier alpha value is -2.87. The van der Waals surface area contributed by atoms with Gasteiger partial charge in [-0.05, 0) is 18.2 Å². The number of aromatic nitrogens is 3. The van der Waals surface area contributed by atoms with Crippen molar-refractivity contribution in [2.75, 3.05) is 5.32 Å². The summed E-state index contributed by atoms with van der Waals surface area (Å²) in [5.74, 6) is 0.445. The minimum atomic E-state index is 0.445. The molecule has 5 nitrogen and oxygen atoms in total. The number of fused-ring (bicyclic) bond motifs is 1. The van der Waals surface area contributed by atoms with Crippen LogP contribution in [0.1, 0.15) is 0 Å². The van der Waals surface area contributed by atoms with E-state index in [9.17, 15) is 0 Å². The van der Waals surface area contributed by atoms with Crippen LogP contribution in [-0.2, 0) is 0 Å². The van der Waals surface area contributed by atoms with Crippen molar-refractivity contribution < 1.29 is 0 Å². The summed E-state index contributed by atoms with van der Waals surface area (Å²) in [6.45, 7) is 0. The maximum atomic E-state index is 8.48. The van der Waals surface area contributed by atoms with Crippen molar-refractivity contribution in [3.05, 3.63) is 42.6 Å². The van der Waals surface area contributed by atoms with Crippen LogP contribution in [0, 0.1) is 11.5 Å². The highest BCUT2D eigenvalue weighted by Crippen LogP contribution is 2.26. The van der Waals surface area contributed by atoms with Gasteiger partial charge in [0.25, 0.3) is 0 Å². The molecule has 1 aromatic carbocycles. The van der Waals surface area contributed by atoms with E-state index >= 15 is 0 Å². The SMILES string of the molecule is N#CNc1ccc(-c2c[nH]c3ccccc23)nn1. The molecular formula is C13H9N5. The molecule has 0 amide bonds. The maximum absolute atomic E-state index is 8.48. The van der Waals surface area contributed by atoms with Crippen molar-refractivity contribution in [2.45, 2.75) is 0 Å². The Balaban J connectivity index is 2.07. The largest absolute Gasteiger partial charge is 0.360 e. The molecule has 86 valence electrons. The van der Waals surface area contributed by atoms with Crippen LogP contribution in [0.4, 0.5) is 5.82 Å². The zero-order chi connectivity index (χ0) is 12.4. The van der Waals surface area contributed by atoms with Gasteiger partial charge in [0.1, 0.15) is 0 Å². The minimum absolute atomic E-state index is 0.445. The lowest BCUT2D eigenvalue weighted by Crippen LogP contribution is -1.94. The van der Waals surface area contributed by atoms with Crippen molar-refractivity contribution in [3.8, 4) is 17.5 Å². The Morgan fingerprint density at radius 3 is 2.78 bits per heavy atom. The summed E-state index contributed by atoms with van der Waals surface area (Å²) in [4.78, 5) is 3.19. The molecule has 0 saturated carbocycles. The van der Waals surface area contributed by atoms with E-state index in [0.717, 1.165) is 22.2 Å². The molecule has 0 aliphatic rings. The topological polar surface area (TPSA) is 77.4 Å². The minimum Gasteiger partial charge on any atom is -0.360 e. The first kappa shape index (κ1) is 10.3. The second-order valence-electron chi connectivity index (χ2n) is 3.79. The number of nitrogens with zero attached hydrogens (tertiary/aromatic N) is 3. The number of anilines is 1. The van der Waals surface area contributed by atoms with E-state index in [1.54, 1.807) is 6.07 Å². The lowest BCUT2D eigenvalue weighted by molar-refractivity contribution is 1.04. The molecule has 0 fully saturated rings. The Bertz CT molecular complexity index is 721. The molecule has 0 aliphatic carbocycles. The molecule has 5 heteroatoms. The standard InChI is InChI=1S/C13H9N5/c14-8-16-13-6-5-12(17-18-13)10-7-15-11-4-2-1-3-9(10)11/h1-7,15H,(H,16,18). The van der Waals surface area contributed by atoms with E-state index in [2.05, 4.69) is 20.5 Å². The van der Waals surface area contributed by atoms with E-state index in [1.165, 1.54) is 0 Å². The van der Waals surface area contributed by atoms with Gasteiger partial charge < -0.3 is 4.98 Å². The van der Waals surface area contributed by atoms with Gasteiger partial charge in [-0.15, -0.1) is 10.2 Å². The maximum Gasteiger partial charge on any atom is 0.182 e. The number of nitrogens with one attached hydrogen (secondary N) is 2. The van der Waals surface area contributed by atoms with Gasteiger partial charge in [-0.2, -0.15) is 5.26 Å². The zero-order valence-electron chi connectivity index (χ0n) is 9.38. The van der Waals surface area contributed by atoms with Crippen molar-refractivity contribution in [2.24, 2.45) is 0 Å². The summed E-state index contributed by atoms with van der Waals surface area (Å²) in [7, 11) is 0. The molecule has 18 heavy (non-hydrogen) atoms. The predicted octanol–water partition coefficient (Wildman–Crippen LogP) is 2.52. The number of hydrogen-bond donors (Lipinski definition) is 2. The molecule has 0 saturated heterocycles. The first-order valence-corrected chi connectivity index (χ1v) is 5.44. The van der Waals surface area contributed by atoms with Crippen LogP contribution >= 0.6 is 0 Å². The molecule has 0 atom stereocenters. The summed E-state index contributed by atoms with van der Waals surface area (Å²) >= 11 is 0. The third-order valence-corrected chi connectivity index (χ3v) is 2.71. The van der Waals surface area contributed by atoms with Crippen LogP contribution in [0.25, 0.3) is 22.2 Å². The average molecular weight is 235 g/mol. The molecule has 0 radical (unpaired) electrons. The Kier molecular flexibility index (Phi) is 2.39. The molecule has 0 unspecified atom stereocenters. The van der Waals surface area contributed by atoms with E-state index < -0.39 is 0 Å². The third-order valence-electron chi connectivity index (χ3n) is 2.71. The van der Waals surface area contributed by atoms with Gasteiger partial charge in [-0.25, -0.2) is 0 Å². The molecule has 3 aromatic rings. The normalized spacial score (nSPS) is 10.2. The fourth-order valence-electron chi connectivity index (χ4n) is 1.88. The Morgan fingerprint density at radius 1 is 1.11 bits per heavy atom. The Labute approximate surface area is 103 Å². The number of aromatic amines is 1. The summed E-state index contributed by atoms with van der Waals surface area (Å²) in [5.41, 5.74) is 2.84. The average Bonchev–Trinajstić information content (AvgIpc) is 2.84. The molecular weight excluding hydrogens is 226 g/mol. The van der Waals surface area contributed by atoms with Crippen molar-refractivity contribution >= 4 is 16.7 Å². The van der Waals surface area contributed by atoms with Crippen LogP contribution < -0.4 is 5.32 Å². The van der Waals surface area contributed by atoms with E-state index in [1.807, 2.05) is 42.7 Å². The molecule has 0 bridgehead atoms. The molecule has 2 N–H and O–H groups in total. The highest BCUT2D eigenvalue weighted by molar-refractivity contribution is 5.94. The lowest BCUT2D eigenvalue weighted by atomic mass is 10.1. The Morgan fingerprint density at radius 2 is 2.00 bits per heavy atom. The molecule has 3 rings (SSSR count).